The summed E-state index contributed by atoms with van der Waals surface area (Å²) in [6.07, 6.45) is 0.456. The molecule has 1 spiro atoms. The number of halogens is 1. The normalized spacial score (nSPS) is 17.7. The maximum atomic E-state index is 13.2. The molecule has 2 heterocycles. The summed E-state index contributed by atoms with van der Waals surface area (Å²) < 4.78 is 24.4. The maximum absolute atomic E-state index is 13.2. The van der Waals surface area contributed by atoms with Crippen LogP contribution in [0.25, 0.3) is 0 Å². The monoisotopic (exact) mass is 409 g/mol. The first-order valence-corrected chi connectivity index (χ1v) is 9.70. The molecule has 0 amide bonds. The third-order valence-electron chi connectivity index (χ3n) is 5.23. The van der Waals surface area contributed by atoms with Crippen LogP contribution >= 0.6 is 0 Å². The Hall–Kier alpha value is -3.44. The van der Waals surface area contributed by atoms with Crippen molar-refractivity contribution in [1.82, 2.24) is 5.32 Å². The number of nitrogens with zero attached hydrogens (tertiary/aromatic N) is 1. The molecule has 4 rings (SSSR count). The molecule has 7 nitrogen and oxygen atoms in total. The fourth-order valence-electron chi connectivity index (χ4n) is 3.79. The van der Waals surface area contributed by atoms with Gasteiger partial charge in [0.2, 0.25) is 0 Å². The number of hydrogen-bond donors (Lipinski definition) is 2. The summed E-state index contributed by atoms with van der Waals surface area (Å²) in [4.78, 5) is 24.4. The fraction of sp³-hybridized carbons (Fsp3) is 0.318. The van der Waals surface area contributed by atoms with Crippen LogP contribution in [0.1, 0.15) is 35.1 Å². The first kappa shape index (κ1) is 19.9. The predicted octanol–water partition coefficient (Wildman–Crippen LogP) is 2.49. The summed E-state index contributed by atoms with van der Waals surface area (Å²) in [5.41, 5.74) is 3.12. The van der Waals surface area contributed by atoms with Gasteiger partial charge in [-0.3, -0.25) is 9.59 Å². The number of hydrogen-bond acceptors (Lipinski definition) is 7. The van der Waals surface area contributed by atoms with Gasteiger partial charge in [-0.15, -0.1) is 0 Å². The van der Waals surface area contributed by atoms with Crippen LogP contribution in [-0.4, -0.2) is 25.0 Å². The molecule has 154 valence electrons. The summed E-state index contributed by atoms with van der Waals surface area (Å²) in [6.45, 7) is 1.04. The minimum atomic E-state index is -1.57. The van der Waals surface area contributed by atoms with Gasteiger partial charge < -0.3 is 20.1 Å². The lowest BCUT2D eigenvalue weighted by atomic mass is 9.93. The van der Waals surface area contributed by atoms with E-state index >= 15 is 0 Å². The van der Waals surface area contributed by atoms with E-state index < -0.39 is 17.7 Å². The van der Waals surface area contributed by atoms with E-state index in [1.807, 2.05) is 0 Å². The number of benzene rings is 2. The lowest BCUT2D eigenvalue weighted by Crippen LogP contribution is -2.43. The highest BCUT2D eigenvalue weighted by molar-refractivity contribution is 5.80. The Morgan fingerprint density at radius 3 is 2.43 bits per heavy atom. The van der Waals surface area contributed by atoms with E-state index in [0.29, 0.717) is 36.3 Å². The molecule has 2 aromatic rings. The van der Waals surface area contributed by atoms with Crippen molar-refractivity contribution < 1.29 is 23.5 Å². The van der Waals surface area contributed by atoms with E-state index in [1.165, 1.54) is 12.1 Å². The molecule has 30 heavy (non-hydrogen) atoms. The molecule has 1 fully saturated rings. The van der Waals surface area contributed by atoms with Crippen LogP contribution < -0.4 is 10.6 Å². The van der Waals surface area contributed by atoms with Gasteiger partial charge in [0, 0.05) is 12.1 Å². The maximum Gasteiger partial charge on any atom is 0.309 e. The highest BCUT2D eigenvalue weighted by Gasteiger charge is 2.46. The zero-order chi connectivity index (χ0) is 21.1. The van der Waals surface area contributed by atoms with Gasteiger partial charge in [-0.25, -0.2) is 4.39 Å². The molecule has 2 N–H and O–H groups in total. The summed E-state index contributed by atoms with van der Waals surface area (Å²) in [6, 6.07) is 11.5. The zero-order valence-electron chi connectivity index (χ0n) is 16.2. The summed E-state index contributed by atoms with van der Waals surface area (Å²) >= 11 is 0. The van der Waals surface area contributed by atoms with E-state index in [9.17, 15) is 19.2 Å². The molecular weight excluding hydrogens is 389 g/mol. The number of nitriles is 1. The molecule has 0 aromatic heterocycles. The summed E-state index contributed by atoms with van der Waals surface area (Å²) in [7, 11) is 0. The largest absolute Gasteiger partial charge is 0.416 e. The van der Waals surface area contributed by atoms with Crippen LogP contribution in [0, 0.1) is 17.1 Å². The van der Waals surface area contributed by atoms with Gasteiger partial charge in [-0.05, 0) is 48.4 Å². The van der Waals surface area contributed by atoms with E-state index in [2.05, 4.69) is 16.7 Å². The molecule has 2 aliphatic heterocycles. The van der Waals surface area contributed by atoms with Gasteiger partial charge in [-0.2, -0.15) is 5.26 Å². The van der Waals surface area contributed by atoms with Gasteiger partial charge >= 0.3 is 11.9 Å². The number of fused-ring (bicyclic) bond motifs is 2. The average molecular weight is 409 g/mol. The molecule has 0 radical (unpaired) electrons. The third kappa shape index (κ3) is 3.84. The lowest BCUT2D eigenvalue weighted by Gasteiger charge is -2.32. The Labute approximate surface area is 172 Å². The molecule has 0 aliphatic carbocycles. The van der Waals surface area contributed by atoms with E-state index in [1.54, 1.807) is 24.3 Å². The number of nitrogens with one attached hydrogen (secondary N) is 2. The van der Waals surface area contributed by atoms with Gasteiger partial charge in [0.05, 0.1) is 30.6 Å². The number of rotatable bonds is 3. The smallest absolute Gasteiger partial charge is 0.309 e. The first-order valence-electron chi connectivity index (χ1n) is 9.70. The van der Waals surface area contributed by atoms with Crippen LogP contribution in [0.3, 0.4) is 0 Å². The van der Waals surface area contributed by atoms with Gasteiger partial charge in [0.15, 0.2) is 0 Å². The van der Waals surface area contributed by atoms with E-state index in [4.69, 9.17) is 9.47 Å². The SMILES string of the molecule is N#Cc1ccc2c(c1NCc1ccc(F)cc1)CCNCC21OC(=O)CCC(=O)O1. The van der Waals surface area contributed by atoms with Crippen molar-refractivity contribution in [1.29, 1.82) is 5.26 Å². The third-order valence-corrected chi connectivity index (χ3v) is 5.23. The highest BCUT2D eigenvalue weighted by atomic mass is 19.1. The van der Waals surface area contributed by atoms with Crippen molar-refractivity contribution in [3.8, 4) is 6.07 Å². The molecule has 0 unspecified atom stereocenters. The number of esters is 2. The second-order valence-corrected chi connectivity index (χ2v) is 7.23. The minimum Gasteiger partial charge on any atom is -0.416 e. The minimum absolute atomic E-state index is 0.0398. The van der Waals surface area contributed by atoms with Gasteiger partial charge in [0.25, 0.3) is 5.79 Å². The predicted molar refractivity (Wildman–Crippen MR) is 105 cm³/mol. The first-order chi connectivity index (χ1) is 14.5. The fourth-order valence-corrected chi connectivity index (χ4v) is 3.79. The van der Waals surface area contributed by atoms with Gasteiger partial charge in [0.1, 0.15) is 11.9 Å². The Kier molecular flexibility index (Phi) is 5.38. The Bertz CT molecular complexity index is 1010. The average Bonchev–Trinajstić information content (AvgIpc) is 3.00. The van der Waals surface area contributed by atoms with Crippen molar-refractivity contribution in [2.75, 3.05) is 18.4 Å². The number of carbonyl (C=O) groups excluding carboxylic acids is 2. The molecule has 0 atom stereocenters. The molecule has 8 heteroatoms. The second kappa shape index (κ2) is 8.13. The molecule has 1 saturated heterocycles. The molecule has 0 saturated carbocycles. The second-order valence-electron chi connectivity index (χ2n) is 7.23. The Balaban J connectivity index is 1.76. The quantitative estimate of drug-likeness (QED) is 0.751. The van der Waals surface area contributed by atoms with Gasteiger partial charge in [-0.1, -0.05) is 12.1 Å². The molecule has 2 aliphatic rings. The van der Waals surface area contributed by atoms with Crippen LogP contribution in [0.4, 0.5) is 10.1 Å². The van der Waals surface area contributed by atoms with Crippen molar-refractivity contribution in [2.45, 2.75) is 31.6 Å². The van der Waals surface area contributed by atoms with Crippen LogP contribution in [0.15, 0.2) is 36.4 Å². The molecule has 2 aromatic carbocycles. The number of anilines is 1. The molecular formula is C22H20FN3O4. The van der Waals surface area contributed by atoms with E-state index in [-0.39, 0.29) is 25.2 Å². The summed E-state index contributed by atoms with van der Waals surface area (Å²) in [5.74, 6) is -2.92. The lowest BCUT2D eigenvalue weighted by molar-refractivity contribution is -0.225. The van der Waals surface area contributed by atoms with E-state index in [0.717, 1.165) is 11.1 Å². The number of carbonyl (C=O) groups is 2. The highest BCUT2D eigenvalue weighted by Crippen LogP contribution is 2.39. The zero-order valence-corrected chi connectivity index (χ0v) is 16.2. The Morgan fingerprint density at radius 1 is 1.07 bits per heavy atom. The standard InChI is InChI=1S/C22H20FN3O4/c23-16-4-1-14(2-5-16)12-26-21-15(11-24)3-6-18-17(21)9-10-25-13-22(18)29-19(27)7-8-20(28)30-22/h1-6,25-26H,7-10,12-13H2. The van der Waals surface area contributed by atoms with Crippen LogP contribution in [0.2, 0.25) is 0 Å². The molecule has 0 bridgehead atoms. The van der Waals surface area contributed by atoms with Crippen molar-refractivity contribution in [2.24, 2.45) is 0 Å². The topological polar surface area (TPSA) is 100 Å². The van der Waals surface area contributed by atoms with Crippen molar-refractivity contribution in [3.63, 3.8) is 0 Å². The van der Waals surface area contributed by atoms with Crippen molar-refractivity contribution in [3.05, 3.63) is 64.5 Å². The van der Waals surface area contributed by atoms with Crippen LogP contribution in [-0.2, 0) is 37.8 Å². The summed E-state index contributed by atoms with van der Waals surface area (Å²) in [5, 5.41) is 16.1. The van der Waals surface area contributed by atoms with Crippen LogP contribution in [0.5, 0.6) is 0 Å². The number of ether oxygens (including phenoxy) is 2. The van der Waals surface area contributed by atoms with Crippen molar-refractivity contribution >= 4 is 17.6 Å². The Morgan fingerprint density at radius 2 is 1.77 bits per heavy atom.